The number of hydrogen-bond donors (Lipinski definition) is 0. The molecule has 0 N–H and O–H groups in total. The van der Waals surface area contributed by atoms with Gasteiger partial charge in [0.05, 0.1) is 27.0 Å². The summed E-state index contributed by atoms with van der Waals surface area (Å²) in [6.45, 7) is 1.94. The molecule has 3 aromatic rings. The molecular weight excluding hydrogens is 288 g/mol. The SMILES string of the molecule is Cc1ccc(-n2cc3c([N+](=O)[O-])cc([N+](=O)[O-])cc3n2)cc1. The van der Waals surface area contributed by atoms with Crippen molar-refractivity contribution >= 4 is 22.3 Å². The molecular formula is C14H10N4O4. The van der Waals surface area contributed by atoms with E-state index in [-0.39, 0.29) is 22.3 Å². The highest BCUT2D eigenvalue weighted by Gasteiger charge is 2.21. The van der Waals surface area contributed by atoms with Gasteiger partial charge in [-0.2, -0.15) is 5.10 Å². The number of rotatable bonds is 3. The monoisotopic (exact) mass is 298 g/mol. The van der Waals surface area contributed by atoms with Gasteiger partial charge in [0.25, 0.3) is 11.4 Å². The van der Waals surface area contributed by atoms with Gasteiger partial charge in [0.2, 0.25) is 0 Å². The van der Waals surface area contributed by atoms with Crippen LogP contribution in [0.15, 0.2) is 42.6 Å². The minimum atomic E-state index is -0.669. The first-order valence-electron chi connectivity index (χ1n) is 6.35. The Morgan fingerprint density at radius 1 is 1.05 bits per heavy atom. The number of nitrogens with zero attached hydrogens (tertiary/aromatic N) is 4. The summed E-state index contributed by atoms with van der Waals surface area (Å²) in [6.07, 6.45) is 1.50. The molecule has 0 fully saturated rings. The van der Waals surface area contributed by atoms with Crippen LogP contribution in [0.4, 0.5) is 11.4 Å². The molecule has 0 spiro atoms. The van der Waals surface area contributed by atoms with Crippen molar-refractivity contribution in [2.24, 2.45) is 0 Å². The number of benzene rings is 2. The topological polar surface area (TPSA) is 104 Å². The zero-order valence-corrected chi connectivity index (χ0v) is 11.5. The number of nitro benzene ring substituents is 2. The van der Waals surface area contributed by atoms with Crippen LogP contribution in [-0.2, 0) is 0 Å². The number of hydrogen-bond acceptors (Lipinski definition) is 5. The molecule has 22 heavy (non-hydrogen) atoms. The summed E-state index contributed by atoms with van der Waals surface area (Å²) < 4.78 is 1.47. The number of non-ortho nitro benzene ring substituents is 2. The summed E-state index contributed by atoms with van der Waals surface area (Å²) in [4.78, 5) is 20.7. The average Bonchev–Trinajstić information content (AvgIpc) is 2.90. The molecule has 2 aromatic carbocycles. The third-order valence-corrected chi connectivity index (χ3v) is 3.29. The minimum absolute atomic E-state index is 0.210. The Balaban J connectivity index is 2.24. The van der Waals surface area contributed by atoms with Crippen molar-refractivity contribution in [1.29, 1.82) is 0 Å². The van der Waals surface area contributed by atoms with Crippen molar-refractivity contribution in [2.45, 2.75) is 6.92 Å². The second kappa shape index (κ2) is 4.92. The summed E-state index contributed by atoms with van der Waals surface area (Å²) in [5.41, 5.74) is 1.32. The Morgan fingerprint density at radius 2 is 1.73 bits per heavy atom. The summed E-state index contributed by atoms with van der Waals surface area (Å²) in [5.74, 6) is 0. The molecule has 8 nitrogen and oxygen atoms in total. The smallest absolute Gasteiger partial charge is 0.258 e. The van der Waals surface area contributed by atoms with Gasteiger partial charge in [0.1, 0.15) is 5.52 Å². The van der Waals surface area contributed by atoms with Gasteiger partial charge in [-0.1, -0.05) is 17.7 Å². The van der Waals surface area contributed by atoms with Crippen LogP contribution in [0.3, 0.4) is 0 Å². The van der Waals surface area contributed by atoms with Crippen LogP contribution in [-0.4, -0.2) is 19.6 Å². The standard InChI is InChI=1S/C14H10N4O4/c1-9-2-4-10(5-3-9)16-8-12-13(15-16)6-11(17(19)20)7-14(12)18(21)22/h2-8H,1H3. The van der Waals surface area contributed by atoms with Crippen molar-refractivity contribution in [3.8, 4) is 5.69 Å². The molecule has 0 unspecified atom stereocenters. The quantitative estimate of drug-likeness (QED) is 0.545. The molecule has 0 radical (unpaired) electrons. The van der Waals surface area contributed by atoms with Crippen LogP contribution < -0.4 is 0 Å². The zero-order chi connectivity index (χ0) is 15.9. The maximum Gasteiger partial charge on any atom is 0.287 e. The van der Waals surface area contributed by atoms with Gasteiger partial charge < -0.3 is 0 Å². The van der Waals surface area contributed by atoms with E-state index in [1.54, 1.807) is 0 Å². The Kier molecular flexibility index (Phi) is 3.06. The van der Waals surface area contributed by atoms with E-state index < -0.39 is 9.85 Å². The van der Waals surface area contributed by atoms with E-state index in [0.717, 1.165) is 17.3 Å². The first kappa shape index (κ1) is 13.7. The normalized spacial score (nSPS) is 10.8. The second-order valence-corrected chi connectivity index (χ2v) is 4.82. The van der Waals surface area contributed by atoms with Gasteiger partial charge in [0, 0.05) is 12.3 Å². The van der Waals surface area contributed by atoms with Gasteiger partial charge in [0.15, 0.2) is 0 Å². The molecule has 1 heterocycles. The average molecular weight is 298 g/mol. The molecule has 0 atom stereocenters. The Bertz CT molecular complexity index is 899. The summed E-state index contributed by atoms with van der Waals surface area (Å²) >= 11 is 0. The fourth-order valence-electron chi connectivity index (χ4n) is 2.18. The van der Waals surface area contributed by atoms with E-state index in [2.05, 4.69) is 5.10 Å². The number of fused-ring (bicyclic) bond motifs is 1. The van der Waals surface area contributed by atoms with Crippen LogP contribution in [0.1, 0.15) is 5.56 Å². The van der Waals surface area contributed by atoms with Crippen LogP contribution >= 0.6 is 0 Å². The Morgan fingerprint density at radius 3 is 2.32 bits per heavy atom. The molecule has 0 saturated carbocycles. The molecule has 0 amide bonds. The second-order valence-electron chi connectivity index (χ2n) is 4.82. The van der Waals surface area contributed by atoms with Gasteiger partial charge >= 0.3 is 0 Å². The highest BCUT2D eigenvalue weighted by atomic mass is 16.6. The van der Waals surface area contributed by atoms with Gasteiger partial charge in [-0.15, -0.1) is 0 Å². The lowest BCUT2D eigenvalue weighted by Crippen LogP contribution is -1.93. The molecule has 8 heteroatoms. The summed E-state index contributed by atoms with van der Waals surface area (Å²) in [5, 5.41) is 26.5. The Hall–Kier alpha value is -3.29. The lowest BCUT2D eigenvalue weighted by Gasteiger charge is -2.00. The van der Waals surface area contributed by atoms with Crippen molar-refractivity contribution < 1.29 is 9.85 Å². The predicted molar refractivity (Wildman–Crippen MR) is 79.1 cm³/mol. The third kappa shape index (κ3) is 2.26. The van der Waals surface area contributed by atoms with E-state index in [1.165, 1.54) is 16.9 Å². The van der Waals surface area contributed by atoms with Crippen LogP contribution in [0.2, 0.25) is 0 Å². The lowest BCUT2D eigenvalue weighted by molar-refractivity contribution is -0.393. The summed E-state index contributed by atoms with van der Waals surface area (Å²) in [7, 11) is 0. The summed E-state index contributed by atoms with van der Waals surface area (Å²) in [6, 6.07) is 9.59. The molecule has 0 aliphatic heterocycles. The molecule has 1 aromatic heterocycles. The van der Waals surface area contributed by atoms with Crippen LogP contribution in [0.5, 0.6) is 0 Å². The molecule has 0 saturated heterocycles. The van der Waals surface area contributed by atoms with Crippen molar-refractivity contribution in [1.82, 2.24) is 9.78 Å². The largest absolute Gasteiger partial charge is 0.287 e. The molecule has 0 aliphatic rings. The first-order chi connectivity index (χ1) is 10.5. The van der Waals surface area contributed by atoms with E-state index in [0.29, 0.717) is 0 Å². The van der Waals surface area contributed by atoms with Gasteiger partial charge in [-0.05, 0) is 19.1 Å². The predicted octanol–water partition coefficient (Wildman–Crippen LogP) is 3.15. The number of aromatic nitrogens is 2. The lowest BCUT2D eigenvalue weighted by atomic mass is 10.2. The molecule has 3 rings (SSSR count). The van der Waals surface area contributed by atoms with Crippen molar-refractivity contribution in [3.05, 3.63) is 68.4 Å². The van der Waals surface area contributed by atoms with Crippen LogP contribution in [0, 0.1) is 27.2 Å². The minimum Gasteiger partial charge on any atom is -0.258 e. The highest BCUT2D eigenvalue weighted by Crippen LogP contribution is 2.30. The van der Waals surface area contributed by atoms with Gasteiger partial charge in [-0.25, -0.2) is 4.68 Å². The maximum absolute atomic E-state index is 11.1. The number of aryl methyl sites for hydroxylation is 1. The highest BCUT2D eigenvalue weighted by molar-refractivity contribution is 5.90. The van der Waals surface area contributed by atoms with E-state index in [9.17, 15) is 20.2 Å². The zero-order valence-electron chi connectivity index (χ0n) is 11.5. The molecule has 0 bridgehead atoms. The van der Waals surface area contributed by atoms with E-state index in [1.807, 2.05) is 31.2 Å². The van der Waals surface area contributed by atoms with Crippen molar-refractivity contribution in [3.63, 3.8) is 0 Å². The van der Waals surface area contributed by atoms with Crippen molar-refractivity contribution in [2.75, 3.05) is 0 Å². The molecule has 110 valence electrons. The van der Waals surface area contributed by atoms with Gasteiger partial charge in [-0.3, -0.25) is 20.2 Å². The van der Waals surface area contributed by atoms with E-state index in [4.69, 9.17) is 0 Å². The Labute approximate surface area is 123 Å². The van der Waals surface area contributed by atoms with E-state index >= 15 is 0 Å². The fraction of sp³-hybridized carbons (Fsp3) is 0.0714. The first-order valence-corrected chi connectivity index (χ1v) is 6.35. The molecule has 0 aliphatic carbocycles. The third-order valence-electron chi connectivity index (χ3n) is 3.29. The number of nitro groups is 2. The maximum atomic E-state index is 11.1. The van der Waals surface area contributed by atoms with Crippen LogP contribution in [0.25, 0.3) is 16.6 Å². The fourth-order valence-corrected chi connectivity index (χ4v) is 2.18.